The molecule has 0 bridgehead atoms. The number of carbonyl (C=O) groups is 1. The molecule has 0 saturated carbocycles. The van der Waals surface area contributed by atoms with Crippen LogP contribution in [0.25, 0.3) is 16.7 Å². The lowest BCUT2D eigenvalue weighted by Gasteiger charge is -2.18. The van der Waals surface area contributed by atoms with Crippen LogP contribution in [-0.4, -0.2) is 38.9 Å². The number of pyridine rings is 2. The maximum absolute atomic E-state index is 11.3. The first-order valence-electron chi connectivity index (χ1n) is 8.20. The minimum atomic E-state index is -0.720. The standard InChI is InChI=1S/C18H16N6O2/c1-12(25)22-16-7-14-13(8-20-16)9-21-24(14)17-4-2-3-15(23-17)18(10-19)5-6-26-11-18/h2-4,7-9H,5-6,11H2,1H3,(H,20,22,25). The Hall–Kier alpha value is -3.31. The number of ether oxygens (including phenoxy) is 1. The Morgan fingerprint density at radius 2 is 2.31 bits per heavy atom. The molecule has 3 aromatic rings. The first-order valence-corrected chi connectivity index (χ1v) is 8.20. The van der Waals surface area contributed by atoms with E-state index in [4.69, 9.17) is 4.74 Å². The van der Waals surface area contributed by atoms with Gasteiger partial charge in [0.1, 0.15) is 11.2 Å². The first kappa shape index (κ1) is 16.2. The Balaban J connectivity index is 1.79. The molecular weight excluding hydrogens is 332 g/mol. The molecule has 0 aliphatic carbocycles. The Morgan fingerprint density at radius 3 is 3.04 bits per heavy atom. The molecule has 1 unspecified atom stereocenters. The van der Waals surface area contributed by atoms with Gasteiger partial charge in [0, 0.05) is 31.2 Å². The Morgan fingerprint density at radius 1 is 1.42 bits per heavy atom. The van der Waals surface area contributed by atoms with Crippen molar-refractivity contribution in [2.45, 2.75) is 18.8 Å². The SMILES string of the molecule is CC(=O)Nc1cc2c(cn1)cnn2-c1cccc(C2(C#N)CCOC2)n1. The number of nitriles is 1. The van der Waals surface area contributed by atoms with E-state index in [9.17, 15) is 10.1 Å². The average molecular weight is 348 g/mol. The molecule has 8 heteroatoms. The van der Waals surface area contributed by atoms with E-state index in [2.05, 4.69) is 26.5 Å². The van der Waals surface area contributed by atoms with E-state index < -0.39 is 5.41 Å². The largest absolute Gasteiger partial charge is 0.379 e. The second-order valence-corrected chi connectivity index (χ2v) is 6.24. The lowest BCUT2D eigenvalue weighted by molar-refractivity contribution is -0.114. The van der Waals surface area contributed by atoms with E-state index in [1.165, 1.54) is 6.92 Å². The summed E-state index contributed by atoms with van der Waals surface area (Å²) < 4.78 is 7.10. The third-order valence-corrected chi connectivity index (χ3v) is 4.43. The monoisotopic (exact) mass is 348 g/mol. The fraction of sp³-hybridized carbons (Fsp3) is 0.278. The van der Waals surface area contributed by atoms with Gasteiger partial charge in [0.05, 0.1) is 30.1 Å². The van der Waals surface area contributed by atoms with Crippen LogP contribution in [-0.2, 0) is 14.9 Å². The predicted octanol–water partition coefficient (Wildman–Crippen LogP) is 1.96. The topological polar surface area (TPSA) is 106 Å². The molecule has 4 heterocycles. The zero-order chi connectivity index (χ0) is 18.1. The minimum absolute atomic E-state index is 0.194. The van der Waals surface area contributed by atoms with Gasteiger partial charge in [-0.1, -0.05) is 6.07 Å². The summed E-state index contributed by atoms with van der Waals surface area (Å²) in [7, 11) is 0. The highest BCUT2D eigenvalue weighted by molar-refractivity contribution is 5.90. The van der Waals surface area contributed by atoms with E-state index in [0.29, 0.717) is 37.0 Å². The van der Waals surface area contributed by atoms with Crippen LogP contribution in [0.4, 0.5) is 5.82 Å². The van der Waals surface area contributed by atoms with Crippen LogP contribution in [0.1, 0.15) is 19.0 Å². The fourth-order valence-corrected chi connectivity index (χ4v) is 3.07. The number of carbonyl (C=O) groups excluding carboxylic acids is 1. The van der Waals surface area contributed by atoms with Crippen molar-refractivity contribution in [2.75, 3.05) is 18.5 Å². The highest BCUT2D eigenvalue weighted by Gasteiger charge is 2.38. The van der Waals surface area contributed by atoms with Crippen LogP contribution in [0, 0.1) is 11.3 Å². The lowest BCUT2D eigenvalue weighted by Crippen LogP contribution is -2.26. The summed E-state index contributed by atoms with van der Waals surface area (Å²) in [6.45, 7) is 2.32. The smallest absolute Gasteiger partial charge is 0.222 e. The van der Waals surface area contributed by atoms with Crippen LogP contribution in [0.3, 0.4) is 0 Å². The van der Waals surface area contributed by atoms with Crippen molar-refractivity contribution >= 4 is 22.6 Å². The molecule has 0 spiro atoms. The second kappa shape index (κ2) is 6.20. The molecule has 1 aliphatic heterocycles. The molecule has 0 radical (unpaired) electrons. The number of rotatable bonds is 3. The molecule has 1 aliphatic rings. The van der Waals surface area contributed by atoms with Crippen LogP contribution in [0.5, 0.6) is 0 Å². The van der Waals surface area contributed by atoms with E-state index in [1.54, 1.807) is 23.1 Å². The van der Waals surface area contributed by atoms with Gasteiger partial charge in [-0.2, -0.15) is 10.4 Å². The van der Waals surface area contributed by atoms with Gasteiger partial charge in [-0.05, 0) is 18.6 Å². The van der Waals surface area contributed by atoms with Crippen molar-refractivity contribution in [3.8, 4) is 11.9 Å². The van der Waals surface area contributed by atoms with Crippen LogP contribution < -0.4 is 5.32 Å². The molecule has 130 valence electrons. The molecule has 1 saturated heterocycles. The fourth-order valence-electron chi connectivity index (χ4n) is 3.07. The van der Waals surface area contributed by atoms with Gasteiger partial charge >= 0.3 is 0 Å². The van der Waals surface area contributed by atoms with Crippen molar-refractivity contribution < 1.29 is 9.53 Å². The third-order valence-electron chi connectivity index (χ3n) is 4.43. The molecular formula is C18H16N6O2. The maximum Gasteiger partial charge on any atom is 0.222 e. The summed E-state index contributed by atoms with van der Waals surface area (Å²) in [4.78, 5) is 20.1. The quantitative estimate of drug-likeness (QED) is 0.775. The maximum atomic E-state index is 11.3. The number of nitrogens with one attached hydrogen (secondary N) is 1. The lowest BCUT2D eigenvalue weighted by atomic mass is 9.85. The van der Waals surface area contributed by atoms with E-state index >= 15 is 0 Å². The molecule has 4 rings (SSSR count). The number of hydrogen-bond acceptors (Lipinski definition) is 6. The van der Waals surface area contributed by atoms with Crippen LogP contribution >= 0.6 is 0 Å². The van der Waals surface area contributed by atoms with Crippen LogP contribution in [0.15, 0.2) is 36.7 Å². The zero-order valence-corrected chi connectivity index (χ0v) is 14.1. The average Bonchev–Trinajstić information content (AvgIpc) is 3.29. The third kappa shape index (κ3) is 2.68. The highest BCUT2D eigenvalue weighted by Crippen LogP contribution is 2.32. The summed E-state index contributed by atoms with van der Waals surface area (Å²) in [5, 5.41) is 17.5. The summed E-state index contributed by atoms with van der Waals surface area (Å²) in [5.74, 6) is 0.847. The molecule has 3 aromatic heterocycles. The highest BCUT2D eigenvalue weighted by atomic mass is 16.5. The number of anilines is 1. The summed E-state index contributed by atoms with van der Waals surface area (Å²) >= 11 is 0. The van der Waals surface area contributed by atoms with Gasteiger partial charge in [0.2, 0.25) is 5.91 Å². The second-order valence-electron chi connectivity index (χ2n) is 6.24. The van der Waals surface area contributed by atoms with Gasteiger partial charge in [0.25, 0.3) is 0 Å². The number of hydrogen-bond donors (Lipinski definition) is 1. The molecule has 1 atom stereocenters. The molecule has 1 fully saturated rings. The van der Waals surface area contributed by atoms with Gasteiger partial charge in [-0.3, -0.25) is 4.79 Å². The first-order chi connectivity index (χ1) is 12.6. The predicted molar refractivity (Wildman–Crippen MR) is 93.7 cm³/mol. The van der Waals surface area contributed by atoms with E-state index in [1.807, 2.05) is 18.2 Å². The van der Waals surface area contributed by atoms with Crippen molar-refractivity contribution in [3.05, 3.63) is 42.4 Å². The molecule has 26 heavy (non-hydrogen) atoms. The minimum Gasteiger partial charge on any atom is -0.379 e. The van der Waals surface area contributed by atoms with Crippen LogP contribution in [0.2, 0.25) is 0 Å². The Kier molecular flexibility index (Phi) is 3.86. The normalized spacial score (nSPS) is 19.4. The molecule has 0 aromatic carbocycles. The van der Waals surface area contributed by atoms with Gasteiger partial charge < -0.3 is 10.1 Å². The molecule has 8 nitrogen and oxygen atoms in total. The Labute approximate surface area is 149 Å². The Bertz CT molecular complexity index is 1030. The number of aromatic nitrogens is 4. The van der Waals surface area contributed by atoms with Crippen molar-refractivity contribution in [1.82, 2.24) is 19.7 Å². The van der Waals surface area contributed by atoms with Crippen molar-refractivity contribution in [1.29, 1.82) is 5.26 Å². The molecule has 1 N–H and O–H groups in total. The van der Waals surface area contributed by atoms with Gasteiger partial charge in [-0.25, -0.2) is 14.6 Å². The zero-order valence-electron chi connectivity index (χ0n) is 14.1. The summed E-state index contributed by atoms with van der Waals surface area (Å²) in [5.41, 5.74) is 0.721. The molecule has 1 amide bonds. The number of fused-ring (bicyclic) bond motifs is 1. The van der Waals surface area contributed by atoms with Crippen molar-refractivity contribution in [2.24, 2.45) is 0 Å². The van der Waals surface area contributed by atoms with Gasteiger partial charge in [0.15, 0.2) is 5.82 Å². The number of amides is 1. The summed E-state index contributed by atoms with van der Waals surface area (Å²) in [6.07, 6.45) is 3.96. The van der Waals surface area contributed by atoms with Gasteiger partial charge in [-0.15, -0.1) is 0 Å². The number of nitrogens with zero attached hydrogens (tertiary/aromatic N) is 5. The van der Waals surface area contributed by atoms with E-state index in [-0.39, 0.29) is 5.91 Å². The van der Waals surface area contributed by atoms with E-state index in [0.717, 1.165) is 10.9 Å². The summed E-state index contributed by atoms with van der Waals surface area (Å²) in [6, 6.07) is 9.64. The van der Waals surface area contributed by atoms with Crippen molar-refractivity contribution in [3.63, 3.8) is 0 Å².